The van der Waals surface area contributed by atoms with Crippen molar-refractivity contribution in [3.05, 3.63) is 59.4 Å². The molecule has 0 unspecified atom stereocenters. The van der Waals surface area contributed by atoms with Crippen molar-refractivity contribution in [1.29, 1.82) is 0 Å². The molecule has 2 N–H and O–H groups in total. The predicted octanol–water partition coefficient (Wildman–Crippen LogP) is 3.92. The second kappa shape index (κ2) is 5.32. The normalized spacial score (nSPS) is 12.3. The highest BCUT2D eigenvalue weighted by molar-refractivity contribution is 5.40. The van der Waals surface area contributed by atoms with Crippen LogP contribution in [-0.4, -0.2) is 0 Å². The molecule has 0 aliphatic rings. The minimum atomic E-state index is -0.735. The van der Waals surface area contributed by atoms with Crippen LogP contribution in [0.3, 0.4) is 0 Å². The maximum absolute atomic E-state index is 13.7. The smallest absolute Gasteiger partial charge is 0.165 e. The number of rotatable bonds is 3. The van der Waals surface area contributed by atoms with Gasteiger partial charge in [-0.1, -0.05) is 6.07 Å². The van der Waals surface area contributed by atoms with Gasteiger partial charge in [0, 0.05) is 17.7 Å². The van der Waals surface area contributed by atoms with E-state index >= 15 is 0 Å². The molecular weight excluding hydrogens is 255 g/mol. The van der Waals surface area contributed by atoms with Gasteiger partial charge in [-0.15, -0.1) is 0 Å². The summed E-state index contributed by atoms with van der Waals surface area (Å²) < 4.78 is 45.4. The minimum absolute atomic E-state index is 0.0690. The third-order valence-corrected chi connectivity index (χ3v) is 2.58. The Morgan fingerprint density at radius 3 is 2.42 bits per heavy atom. The van der Waals surface area contributed by atoms with Gasteiger partial charge in [0.05, 0.1) is 0 Å². The molecule has 0 aromatic heterocycles. The van der Waals surface area contributed by atoms with E-state index in [1.165, 1.54) is 18.2 Å². The molecule has 0 radical (unpaired) electrons. The van der Waals surface area contributed by atoms with Crippen molar-refractivity contribution in [2.75, 3.05) is 0 Å². The highest BCUT2D eigenvalue weighted by atomic mass is 19.1. The number of halogens is 3. The molecule has 2 aromatic carbocycles. The number of hydrogen-bond acceptors (Lipinski definition) is 2. The Morgan fingerprint density at radius 2 is 1.74 bits per heavy atom. The lowest BCUT2D eigenvalue weighted by molar-refractivity contribution is 0.423. The lowest BCUT2D eigenvalue weighted by Gasteiger charge is -2.14. The van der Waals surface area contributed by atoms with E-state index in [-0.39, 0.29) is 17.1 Å². The Bertz CT molecular complexity index is 599. The van der Waals surface area contributed by atoms with Gasteiger partial charge in [-0.3, -0.25) is 0 Å². The molecule has 0 saturated carbocycles. The van der Waals surface area contributed by atoms with Crippen molar-refractivity contribution in [1.82, 2.24) is 0 Å². The molecule has 5 heteroatoms. The van der Waals surface area contributed by atoms with Gasteiger partial charge < -0.3 is 10.5 Å². The lowest BCUT2D eigenvalue weighted by atomic mass is 10.1. The van der Waals surface area contributed by atoms with Crippen molar-refractivity contribution in [3.63, 3.8) is 0 Å². The Labute approximate surface area is 108 Å². The Balaban J connectivity index is 2.44. The van der Waals surface area contributed by atoms with Crippen LogP contribution >= 0.6 is 0 Å². The summed E-state index contributed by atoms with van der Waals surface area (Å²) in [7, 11) is 0. The van der Waals surface area contributed by atoms with Crippen LogP contribution in [0, 0.1) is 17.5 Å². The lowest BCUT2D eigenvalue weighted by Crippen LogP contribution is -2.09. The van der Waals surface area contributed by atoms with Crippen LogP contribution in [0.1, 0.15) is 18.5 Å². The highest BCUT2D eigenvalue weighted by Crippen LogP contribution is 2.32. The van der Waals surface area contributed by atoms with Gasteiger partial charge in [-0.05, 0) is 31.2 Å². The molecule has 0 fully saturated rings. The zero-order valence-electron chi connectivity index (χ0n) is 10.2. The average Bonchev–Trinajstić information content (AvgIpc) is 2.33. The maximum Gasteiger partial charge on any atom is 0.165 e. The van der Waals surface area contributed by atoms with Crippen molar-refractivity contribution in [3.8, 4) is 11.5 Å². The minimum Gasteiger partial charge on any atom is -0.454 e. The SMILES string of the molecule is C[C@@H](N)c1c(F)cccc1Oc1cc(F)ccc1F. The van der Waals surface area contributed by atoms with Crippen LogP contribution < -0.4 is 10.5 Å². The molecule has 0 amide bonds. The monoisotopic (exact) mass is 267 g/mol. The highest BCUT2D eigenvalue weighted by Gasteiger charge is 2.16. The zero-order chi connectivity index (χ0) is 14.0. The second-order valence-electron chi connectivity index (χ2n) is 4.12. The van der Waals surface area contributed by atoms with Gasteiger partial charge in [0.15, 0.2) is 11.6 Å². The second-order valence-corrected chi connectivity index (χ2v) is 4.12. The summed E-state index contributed by atoms with van der Waals surface area (Å²) in [6, 6.07) is 6.27. The molecule has 19 heavy (non-hydrogen) atoms. The number of hydrogen-bond donors (Lipinski definition) is 1. The molecule has 0 bridgehead atoms. The summed E-state index contributed by atoms with van der Waals surface area (Å²) in [6.07, 6.45) is 0. The molecule has 2 aromatic rings. The van der Waals surface area contributed by atoms with Gasteiger partial charge in [-0.25, -0.2) is 13.2 Å². The van der Waals surface area contributed by atoms with Crippen molar-refractivity contribution in [2.24, 2.45) is 5.73 Å². The maximum atomic E-state index is 13.7. The fourth-order valence-electron chi connectivity index (χ4n) is 1.72. The van der Waals surface area contributed by atoms with E-state index in [1.807, 2.05) is 0 Å². The number of ether oxygens (including phenoxy) is 1. The van der Waals surface area contributed by atoms with E-state index in [0.717, 1.165) is 18.2 Å². The Morgan fingerprint density at radius 1 is 1.00 bits per heavy atom. The first kappa shape index (κ1) is 13.4. The Hall–Kier alpha value is -2.01. The molecule has 0 spiro atoms. The molecule has 0 aliphatic carbocycles. The molecule has 2 nitrogen and oxygen atoms in total. The summed E-state index contributed by atoms with van der Waals surface area (Å²) >= 11 is 0. The van der Waals surface area contributed by atoms with Crippen LogP contribution in [-0.2, 0) is 0 Å². The summed E-state index contributed by atoms with van der Waals surface area (Å²) in [5.41, 5.74) is 5.77. The molecular formula is C14H12F3NO. The van der Waals surface area contributed by atoms with Crippen LogP contribution in [0.25, 0.3) is 0 Å². The standard InChI is InChI=1S/C14H12F3NO/c1-8(18)14-11(17)3-2-4-12(14)19-13-7-9(15)5-6-10(13)16/h2-8H,18H2,1H3/t8-/m1/s1. The third kappa shape index (κ3) is 2.88. The van der Waals surface area contributed by atoms with E-state index in [4.69, 9.17) is 10.5 Å². The van der Waals surface area contributed by atoms with Gasteiger partial charge in [0.2, 0.25) is 0 Å². The largest absolute Gasteiger partial charge is 0.454 e. The topological polar surface area (TPSA) is 35.2 Å². The van der Waals surface area contributed by atoms with Crippen LogP contribution in [0.15, 0.2) is 36.4 Å². The van der Waals surface area contributed by atoms with E-state index in [9.17, 15) is 13.2 Å². The summed E-state index contributed by atoms with van der Waals surface area (Å²) in [5.74, 6) is -2.17. The third-order valence-electron chi connectivity index (χ3n) is 2.58. The van der Waals surface area contributed by atoms with Gasteiger partial charge in [-0.2, -0.15) is 0 Å². The van der Waals surface area contributed by atoms with Crippen molar-refractivity contribution in [2.45, 2.75) is 13.0 Å². The van der Waals surface area contributed by atoms with Gasteiger partial charge >= 0.3 is 0 Å². The number of benzene rings is 2. The fraction of sp³-hybridized carbons (Fsp3) is 0.143. The van der Waals surface area contributed by atoms with E-state index in [0.29, 0.717) is 0 Å². The molecule has 0 heterocycles. The van der Waals surface area contributed by atoms with E-state index in [1.54, 1.807) is 6.92 Å². The van der Waals surface area contributed by atoms with E-state index in [2.05, 4.69) is 0 Å². The molecule has 0 saturated heterocycles. The average molecular weight is 267 g/mol. The summed E-state index contributed by atoms with van der Waals surface area (Å²) in [5, 5.41) is 0. The number of nitrogens with two attached hydrogens (primary N) is 1. The fourth-order valence-corrected chi connectivity index (χ4v) is 1.72. The molecule has 100 valence electrons. The summed E-state index contributed by atoms with van der Waals surface area (Å²) in [4.78, 5) is 0. The van der Waals surface area contributed by atoms with Crippen LogP contribution in [0.5, 0.6) is 11.5 Å². The van der Waals surface area contributed by atoms with Crippen LogP contribution in [0.2, 0.25) is 0 Å². The summed E-state index contributed by atoms with van der Waals surface area (Å²) in [6.45, 7) is 1.58. The van der Waals surface area contributed by atoms with Gasteiger partial charge in [0.25, 0.3) is 0 Å². The predicted molar refractivity (Wildman–Crippen MR) is 65.4 cm³/mol. The van der Waals surface area contributed by atoms with Crippen molar-refractivity contribution < 1.29 is 17.9 Å². The first-order valence-electron chi connectivity index (χ1n) is 5.66. The quantitative estimate of drug-likeness (QED) is 0.914. The molecule has 2 rings (SSSR count). The Kier molecular flexibility index (Phi) is 3.76. The molecule has 1 atom stereocenters. The first-order valence-corrected chi connectivity index (χ1v) is 5.66. The first-order chi connectivity index (χ1) is 8.99. The zero-order valence-corrected chi connectivity index (χ0v) is 10.2. The van der Waals surface area contributed by atoms with Gasteiger partial charge in [0.1, 0.15) is 17.4 Å². The van der Waals surface area contributed by atoms with Crippen molar-refractivity contribution >= 4 is 0 Å². The van der Waals surface area contributed by atoms with E-state index < -0.39 is 23.5 Å². The van der Waals surface area contributed by atoms with Crippen LogP contribution in [0.4, 0.5) is 13.2 Å². The molecule has 0 aliphatic heterocycles.